The summed E-state index contributed by atoms with van der Waals surface area (Å²) in [6, 6.07) is 1.85. The molecule has 1 aromatic rings. The summed E-state index contributed by atoms with van der Waals surface area (Å²) >= 11 is 0. The molecule has 0 saturated heterocycles. The van der Waals surface area contributed by atoms with Crippen LogP contribution in [0, 0.1) is 16.7 Å². The van der Waals surface area contributed by atoms with Crippen molar-refractivity contribution < 1.29 is 19.4 Å². The summed E-state index contributed by atoms with van der Waals surface area (Å²) < 4.78 is 11.8. The standard InChI is InChI=1S/C29H42N4O4/c1-19(8-7-15-31-3)20(2)37-25-18-23(21-11-16-36-17-12-21)32-28(33-25)26(30)22-9-6-14-29(27(22)35)13-5-4-10-24(29)34/h11,18-20,30-31,35H,4-10,12-17H2,1-3H3/t19-,20-,29+/m0/s1. The summed E-state index contributed by atoms with van der Waals surface area (Å²) in [6.07, 6.45) is 9.67. The molecule has 4 rings (SSSR count). The Bertz CT molecular complexity index is 1070. The molecule has 202 valence electrons. The summed E-state index contributed by atoms with van der Waals surface area (Å²) in [7, 11) is 1.96. The summed E-state index contributed by atoms with van der Waals surface area (Å²) in [4.78, 5) is 22.3. The number of nitrogens with zero attached hydrogens (tertiary/aromatic N) is 2. The molecule has 1 aliphatic heterocycles. The van der Waals surface area contributed by atoms with E-state index in [9.17, 15) is 9.90 Å². The average molecular weight is 511 g/mol. The van der Waals surface area contributed by atoms with Gasteiger partial charge in [0.2, 0.25) is 5.88 Å². The molecule has 0 bridgehead atoms. The Hall–Kier alpha value is -2.58. The molecule has 3 aliphatic rings. The topological polar surface area (TPSA) is 117 Å². The Morgan fingerprint density at radius 2 is 2.03 bits per heavy atom. The minimum absolute atomic E-state index is 0.0595. The lowest BCUT2D eigenvalue weighted by atomic mass is 9.64. The second-order valence-electron chi connectivity index (χ2n) is 10.8. The molecule has 1 fully saturated rings. The van der Waals surface area contributed by atoms with E-state index in [1.807, 2.05) is 19.2 Å². The van der Waals surface area contributed by atoms with E-state index in [4.69, 9.17) is 19.9 Å². The lowest BCUT2D eigenvalue weighted by Gasteiger charge is -2.39. The summed E-state index contributed by atoms with van der Waals surface area (Å²) in [5, 5.41) is 23.6. The van der Waals surface area contributed by atoms with Crippen molar-refractivity contribution in [2.45, 2.75) is 84.2 Å². The fourth-order valence-electron chi connectivity index (χ4n) is 5.74. The van der Waals surface area contributed by atoms with Crippen molar-refractivity contribution in [3.05, 3.63) is 35.0 Å². The van der Waals surface area contributed by atoms with E-state index in [1.165, 1.54) is 0 Å². The van der Waals surface area contributed by atoms with Crippen LogP contribution in [0.3, 0.4) is 0 Å². The molecule has 0 unspecified atom stereocenters. The third kappa shape index (κ3) is 6.12. The van der Waals surface area contributed by atoms with Gasteiger partial charge in [-0.3, -0.25) is 10.2 Å². The van der Waals surface area contributed by atoms with Gasteiger partial charge in [0.05, 0.1) is 24.3 Å². The molecule has 3 atom stereocenters. The van der Waals surface area contributed by atoms with Gasteiger partial charge in [0.15, 0.2) is 5.82 Å². The van der Waals surface area contributed by atoms with E-state index in [0.717, 1.165) is 56.3 Å². The van der Waals surface area contributed by atoms with Crippen molar-refractivity contribution in [1.82, 2.24) is 15.3 Å². The zero-order valence-electron chi connectivity index (χ0n) is 22.6. The zero-order valence-corrected chi connectivity index (χ0v) is 22.6. The molecule has 8 heteroatoms. The van der Waals surface area contributed by atoms with Gasteiger partial charge in [-0.25, -0.2) is 4.98 Å². The van der Waals surface area contributed by atoms with Crippen LogP contribution in [0.25, 0.3) is 5.57 Å². The van der Waals surface area contributed by atoms with Crippen LogP contribution in [0.15, 0.2) is 23.5 Å². The van der Waals surface area contributed by atoms with Crippen molar-refractivity contribution >= 4 is 17.1 Å². The number of hydrogen-bond donors (Lipinski definition) is 3. The van der Waals surface area contributed by atoms with Crippen LogP contribution >= 0.6 is 0 Å². The number of aliphatic hydroxyl groups excluding tert-OH is 1. The number of ether oxygens (including phenoxy) is 2. The monoisotopic (exact) mass is 510 g/mol. The molecule has 0 radical (unpaired) electrons. The van der Waals surface area contributed by atoms with Gasteiger partial charge in [0.25, 0.3) is 0 Å². The van der Waals surface area contributed by atoms with Gasteiger partial charge < -0.3 is 19.9 Å². The number of aromatic nitrogens is 2. The maximum Gasteiger partial charge on any atom is 0.217 e. The molecular weight excluding hydrogens is 468 g/mol. The number of ketones is 1. The Morgan fingerprint density at radius 3 is 2.76 bits per heavy atom. The van der Waals surface area contributed by atoms with Gasteiger partial charge in [0, 0.05) is 18.1 Å². The number of rotatable bonds is 10. The Labute approximate surface area is 220 Å². The van der Waals surface area contributed by atoms with Crippen LogP contribution in [-0.4, -0.2) is 59.5 Å². The van der Waals surface area contributed by atoms with Crippen molar-refractivity contribution in [1.29, 1.82) is 5.41 Å². The van der Waals surface area contributed by atoms with E-state index in [-0.39, 0.29) is 29.2 Å². The number of aliphatic hydroxyl groups is 1. The highest BCUT2D eigenvalue weighted by atomic mass is 16.5. The summed E-state index contributed by atoms with van der Waals surface area (Å²) in [6.45, 7) is 6.34. The number of Topliss-reactive ketones (excluding diaryl/α,β-unsaturated/α-hetero) is 1. The predicted molar refractivity (Wildman–Crippen MR) is 144 cm³/mol. The number of hydrogen-bond acceptors (Lipinski definition) is 8. The molecule has 8 nitrogen and oxygen atoms in total. The van der Waals surface area contributed by atoms with Crippen molar-refractivity contribution in [3.63, 3.8) is 0 Å². The molecule has 0 aromatic carbocycles. The molecule has 2 heterocycles. The minimum Gasteiger partial charge on any atom is -0.511 e. The number of carbonyl (C=O) groups is 1. The highest BCUT2D eigenvalue weighted by Gasteiger charge is 2.47. The fraction of sp³-hybridized carbons (Fsp3) is 0.655. The first-order valence-corrected chi connectivity index (χ1v) is 13.9. The van der Waals surface area contributed by atoms with E-state index in [0.29, 0.717) is 56.3 Å². The molecule has 1 saturated carbocycles. The molecule has 1 spiro atoms. The zero-order chi connectivity index (χ0) is 26.4. The quantitative estimate of drug-likeness (QED) is 0.293. The van der Waals surface area contributed by atoms with Crippen LogP contribution in [-0.2, 0) is 9.53 Å². The first kappa shape index (κ1) is 27.5. The average Bonchev–Trinajstić information content (AvgIpc) is 2.91. The van der Waals surface area contributed by atoms with Gasteiger partial charge >= 0.3 is 0 Å². The van der Waals surface area contributed by atoms with Crippen LogP contribution in [0.5, 0.6) is 5.88 Å². The molecule has 1 aromatic heterocycles. The molecule has 3 N–H and O–H groups in total. The summed E-state index contributed by atoms with van der Waals surface area (Å²) in [5.74, 6) is 1.18. The van der Waals surface area contributed by atoms with E-state index >= 15 is 0 Å². The van der Waals surface area contributed by atoms with Crippen LogP contribution in [0.4, 0.5) is 0 Å². The van der Waals surface area contributed by atoms with E-state index in [1.54, 1.807) is 0 Å². The highest BCUT2D eigenvalue weighted by Crippen LogP contribution is 2.48. The predicted octanol–water partition coefficient (Wildman–Crippen LogP) is 5.18. The molecule has 37 heavy (non-hydrogen) atoms. The Morgan fingerprint density at radius 1 is 1.22 bits per heavy atom. The van der Waals surface area contributed by atoms with Gasteiger partial charge in [-0.1, -0.05) is 19.4 Å². The van der Waals surface area contributed by atoms with Crippen LogP contribution in [0.1, 0.15) is 89.6 Å². The minimum atomic E-state index is -0.838. The second kappa shape index (κ2) is 12.3. The number of carbonyl (C=O) groups excluding carboxylic acids is 1. The van der Waals surface area contributed by atoms with Crippen molar-refractivity contribution in [2.75, 3.05) is 26.8 Å². The van der Waals surface area contributed by atoms with Gasteiger partial charge in [-0.2, -0.15) is 4.98 Å². The van der Waals surface area contributed by atoms with Gasteiger partial charge in [-0.05, 0) is 83.4 Å². The molecule has 0 amide bonds. The normalized spacial score (nSPS) is 24.1. The summed E-state index contributed by atoms with van der Waals surface area (Å²) in [5.41, 5.74) is 1.52. The van der Waals surface area contributed by atoms with Gasteiger partial charge in [0.1, 0.15) is 23.4 Å². The first-order chi connectivity index (χ1) is 17.9. The second-order valence-corrected chi connectivity index (χ2v) is 10.8. The molecular formula is C29H42N4O4. The van der Waals surface area contributed by atoms with E-state index < -0.39 is 5.41 Å². The highest BCUT2D eigenvalue weighted by molar-refractivity contribution is 6.09. The largest absolute Gasteiger partial charge is 0.511 e. The van der Waals surface area contributed by atoms with Crippen molar-refractivity contribution in [3.8, 4) is 5.88 Å². The smallest absolute Gasteiger partial charge is 0.217 e. The maximum absolute atomic E-state index is 12.9. The maximum atomic E-state index is 12.9. The SMILES string of the molecule is CNCCC[C@H](C)[C@H](C)Oc1cc(C2=CCOCC2)nc(C(=N)C2=C(O)[C@]3(CCCCC3=O)CCC2)n1. The van der Waals surface area contributed by atoms with E-state index in [2.05, 4.69) is 24.1 Å². The Kier molecular flexibility index (Phi) is 9.13. The lowest BCUT2D eigenvalue weighted by molar-refractivity contribution is -0.131. The lowest BCUT2D eigenvalue weighted by Crippen LogP contribution is -2.39. The Balaban J connectivity index is 1.66. The number of nitrogens with one attached hydrogen (secondary N) is 2. The number of allylic oxidation sites excluding steroid dienone is 2. The fourth-order valence-corrected chi connectivity index (χ4v) is 5.74. The van der Waals surface area contributed by atoms with Gasteiger partial charge in [-0.15, -0.1) is 0 Å². The third-order valence-corrected chi connectivity index (χ3v) is 8.28. The molecule has 2 aliphatic carbocycles. The van der Waals surface area contributed by atoms with Crippen LogP contribution in [0.2, 0.25) is 0 Å². The van der Waals surface area contributed by atoms with Crippen molar-refractivity contribution in [2.24, 2.45) is 11.3 Å². The third-order valence-electron chi connectivity index (χ3n) is 8.28. The first-order valence-electron chi connectivity index (χ1n) is 13.9. The van der Waals surface area contributed by atoms with Crippen LogP contribution < -0.4 is 10.1 Å².